The molecule has 0 saturated carbocycles. The topological polar surface area (TPSA) is 154 Å². The molecular weight excluding hydrogens is 505 g/mol. The number of benzene rings is 1. The minimum atomic E-state index is -4.32. The third-order valence-corrected chi connectivity index (χ3v) is 7.18. The lowest BCUT2D eigenvalue weighted by Gasteiger charge is -2.20. The first kappa shape index (κ1) is 25.9. The molecule has 0 amide bonds. The lowest BCUT2D eigenvalue weighted by Crippen LogP contribution is -2.32. The number of pyridine rings is 1. The van der Waals surface area contributed by atoms with Crippen molar-refractivity contribution in [3.63, 3.8) is 0 Å². The van der Waals surface area contributed by atoms with Crippen LogP contribution in [0.3, 0.4) is 0 Å². The SMILES string of the molecule is COc1cccc(OC)c1-n1c(NS(=O)(=O)C(C)C(O)c2ncc(F)cn2)nnc1-c1cccc(C)n1. The summed E-state index contributed by atoms with van der Waals surface area (Å²) in [5.41, 5.74) is 1.44. The van der Waals surface area contributed by atoms with Crippen LogP contribution in [0.15, 0.2) is 48.8 Å². The number of aryl methyl sites for hydroxylation is 1. The number of methoxy groups -OCH3 is 2. The van der Waals surface area contributed by atoms with Crippen molar-refractivity contribution in [2.45, 2.75) is 25.2 Å². The largest absolute Gasteiger partial charge is 0.494 e. The van der Waals surface area contributed by atoms with E-state index < -0.39 is 27.2 Å². The molecule has 3 heterocycles. The summed E-state index contributed by atoms with van der Waals surface area (Å²) in [4.78, 5) is 11.9. The number of nitrogens with zero attached hydrogens (tertiary/aromatic N) is 6. The zero-order valence-electron chi connectivity index (χ0n) is 20.3. The molecule has 0 radical (unpaired) electrons. The number of aliphatic hydroxyl groups excluding tert-OH is 1. The normalized spacial score (nSPS) is 13.1. The minimum Gasteiger partial charge on any atom is -0.494 e. The maximum absolute atomic E-state index is 13.3. The summed E-state index contributed by atoms with van der Waals surface area (Å²) in [5, 5.41) is 17.4. The monoisotopic (exact) mass is 529 g/mol. The van der Waals surface area contributed by atoms with E-state index in [-0.39, 0.29) is 17.6 Å². The maximum atomic E-state index is 13.3. The summed E-state index contributed by atoms with van der Waals surface area (Å²) >= 11 is 0. The molecule has 14 heteroatoms. The van der Waals surface area contributed by atoms with Gasteiger partial charge in [-0.2, -0.15) is 0 Å². The average molecular weight is 530 g/mol. The van der Waals surface area contributed by atoms with Crippen molar-refractivity contribution in [2.75, 3.05) is 18.9 Å². The van der Waals surface area contributed by atoms with Gasteiger partial charge in [0.1, 0.15) is 34.2 Å². The van der Waals surface area contributed by atoms with Gasteiger partial charge in [0.25, 0.3) is 0 Å². The van der Waals surface area contributed by atoms with Gasteiger partial charge in [-0.05, 0) is 38.1 Å². The molecule has 0 saturated heterocycles. The average Bonchev–Trinajstić information content (AvgIpc) is 3.29. The first-order valence-electron chi connectivity index (χ1n) is 10.9. The van der Waals surface area contributed by atoms with E-state index in [9.17, 15) is 17.9 Å². The van der Waals surface area contributed by atoms with Crippen molar-refractivity contribution in [3.05, 3.63) is 66.1 Å². The van der Waals surface area contributed by atoms with Crippen molar-refractivity contribution < 1.29 is 27.4 Å². The Morgan fingerprint density at radius 1 is 1.03 bits per heavy atom. The molecule has 0 aliphatic carbocycles. The van der Waals surface area contributed by atoms with Gasteiger partial charge in [-0.25, -0.2) is 27.8 Å². The van der Waals surface area contributed by atoms with Crippen LogP contribution in [-0.4, -0.2) is 62.7 Å². The number of halogens is 1. The van der Waals surface area contributed by atoms with E-state index in [2.05, 4.69) is 29.9 Å². The zero-order chi connectivity index (χ0) is 26.7. The van der Waals surface area contributed by atoms with Crippen molar-refractivity contribution in [1.82, 2.24) is 29.7 Å². The van der Waals surface area contributed by atoms with Crippen LogP contribution in [0, 0.1) is 12.7 Å². The van der Waals surface area contributed by atoms with Gasteiger partial charge in [0, 0.05) is 5.69 Å². The van der Waals surface area contributed by atoms with E-state index in [4.69, 9.17) is 9.47 Å². The molecule has 1 aromatic carbocycles. The predicted octanol–water partition coefficient (Wildman–Crippen LogP) is 2.45. The molecule has 0 aliphatic rings. The smallest absolute Gasteiger partial charge is 0.243 e. The highest BCUT2D eigenvalue weighted by atomic mass is 32.2. The molecule has 0 aliphatic heterocycles. The molecule has 2 N–H and O–H groups in total. The van der Waals surface area contributed by atoms with E-state index in [1.807, 2.05) is 0 Å². The second-order valence-corrected chi connectivity index (χ2v) is 9.95. The number of ether oxygens (including phenoxy) is 2. The van der Waals surface area contributed by atoms with E-state index in [0.29, 0.717) is 28.6 Å². The molecule has 0 spiro atoms. The van der Waals surface area contributed by atoms with Gasteiger partial charge in [0.2, 0.25) is 16.0 Å². The molecule has 2 unspecified atom stereocenters. The summed E-state index contributed by atoms with van der Waals surface area (Å²) in [6.07, 6.45) is 0.0156. The van der Waals surface area contributed by atoms with Gasteiger partial charge in [-0.3, -0.25) is 9.29 Å². The minimum absolute atomic E-state index is 0.208. The van der Waals surface area contributed by atoms with Gasteiger partial charge >= 0.3 is 0 Å². The van der Waals surface area contributed by atoms with Gasteiger partial charge in [-0.1, -0.05) is 12.1 Å². The molecular formula is C23H24FN7O5S. The van der Waals surface area contributed by atoms with Crippen LogP contribution >= 0.6 is 0 Å². The van der Waals surface area contributed by atoms with Crippen LogP contribution in [0.4, 0.5) is 10.3 Å². The van der Waals surface area contributed by atoms with Gasteiger partial charge < -0.3 is 14.6 Å². The number of aliphatic hydroxyl groups is 1. The van der Waals surface area contributed by atoms with Crippen molar-refractivity contribution in [3.8, 4) is 28.7 Å². The van der Waals surface area contributed by atoms with Crippen molar-refractivity contribution in [1.29, 1.82) is 0 Å². The number of hydrogen-bond acceptors (Lipinski definition) is 10. The summed E-state index contributed by atoms with van der Waals surface area (Å²) in [7, 11) is -1.40. The van der Waals surface area contributed by atoms with Crippen LogP contribution in [-0.2, 0) is 10.0 Å². The Morgan fingerprint density at radius 3 is 2.24 bits per heavy atom. The molecule has 0 bridgehead atoms. The Kier molecular flexibility index (Phi) is 7.31. The molecule has 0 fully saturated rings. The number of anilines is 1. The summed E-state index contributed by atoms with van der Waals surface area (Å²) in [6.45, 7) is 3.06. The molecule has 2 atom stereocenters. The fourth-order valence-electron chi connectivity index (χ4n) is 3.52. The highest BCUT2D eigenvalue weighted by molar-refractivity contribution is 7.93. The number of para-hydroxylation sites is 1. The van der Waals surface area contributed by atoms with Crippen LogP contribution in [0.1, 0.15) is 24.5 Å². The highest BCUT2D eigenvalue weighted by Crippen LogP contribution is 2.37. The van der Waals surface area contributed by atoms with Gasteiger partial charge in [0.05, 0.1) is 26.6 Å². The molecule has 12 nitrogen and oxygen atoms in total. The third-order valence-electron chi connectivity index (χ3n) is 5.48. The van der Waals surface area contributed by atoms with Gasteiger partial charge in [0.15, 0.2) is 17.5 Å². The Morgan fingerprint density at radius 2 is 1.65 bits per heavy atom. The first-order valence-corrected chi connectivity index (χ1v) is 12.5. The summed E-state index contributed by atoms with van der Waals surface area (Å²) in [5.74, 6) is -0.278. The van der Waals surface area contributed by atoms with E-state index in [1.165, 1.54) is 25.7 Å². The Bertz CT molecular complexity index is 1490. The summed E-state index contributed by atoms with van der Waals surface area (Å²) < 4.78 is 54.7. The second-order valence-electron chi connectivity index (χ2n) is 7.91. The zero-order valence-corrected chi connectivity index (χ0v) is 21.1. The lowest BCUT2D eigenvalue weighted by molar-refractivity contribution is 0.166. The number of sulfonamides is 1. The number of aromatic nitrogens is 6. The first-order chi connectivity index (χ1) is 17.7. The molecule has 3 aromatic heterocycles. The van der Waals surface area contributed by atoms with Crippen LogP contribution in [0.25, 0.3) is 17.2 Å². The fraction of sp³-hybridized carbons (Fsp3) is 0.261. The van der Waals surface area contributed by atoms with E-state index in [1.54, 1.807) is 43.3 Å². The quantitative estimate of drug-likeness (QED) is 0.330. The molecule has 194 valence electrons. The maximum Gasteiger partial charge on any atom is 0.243 e. The Balaban J connectivity index is 1.83. The lowest BCUT2D eigenvalue weighted by atomic mass is 10.2. The fourth-order valence-corrected chi connectivity index (χ4v) is 4.56. The Hall–Kier alpha value is -4.17. The molecule has 37 heavy (non-hydrogen) atoms. The molecule has 4 rings (SSSR count). The standard InChI is InChI=1S/C23H24FN7O5S/c1-13-7-5-8-16(27-13)22-28-29-23(31(22)19-17(35-3)9-6-10-18(19)36-4)30-37(33,34)14(2)20(32)21-25-11-15(24)12-26-21/h5-12,14,20,32H,1-4H3,(H,29,30). The number of rotatable bonds is 9. The van der Waals surface area contributed by atoms with Crippen molar-refractivity contribution in [2.24, 2.45) is 0 Å². The predicted molar refractivity (Wildman–Crippen MR) is 131 cm³/mol. The number of hydrogen-bond donors (Lipinski definition) is 2. The van der Waals surface area contributed by atoms with Crippen molar-refractivity contribution >= 4 is 16.0 Å². The van der Waals surface area contributed by atoms with Crippen LogP contribution in [0.5, 0.6) is 11.5 Å². The van der Waals surface area contributed by atoms with E-state index in [0.717, 1.165) is 12.4 Å². The third kappa shape index (κ3) is 5.20. The number of nitrogens with one attached hydrogen (secondary N) is 1. The summed E-state index contributed by atoms with van der Waals surface area (Å²) in [6, 6.07) is 10.3. The second kappa shape index (κ2) is 10.4. The molecule has 4 aromatic rings. The van der Waals surface area contributed by atoms with E-state index >= 15 is 0 Å². The Labute approximate surface area is 212 Å². The van der Waals surface area contributed by atoms with Gasteiger partial charge in [-0.15, -0.1) is 10.2 Å². The highest BCUT2D eigenvalue weighted by Gasteiger charge is 2.34. The van der Waals surface area contributed by atoms with Crippen LogP contribution < -0.4 is 14.2 Å². The van der Waals surface area contributed by atoms with Crippen LogP contribution in [0.2, 0.25) is 0 Å².